The Balaban J connectivity index is 2.82. The quantitative estimate of drug-likeness (QED) is 0.495. The van der Waals surface area contributed by atoms with E-state index >= 15 is 0 Å². The summed E-state index contributed by atoms with van der Waals surface area (Å²) < 4.78 is 0. The number of guanidine groups is 1. The molecule has 5 N–H and O–H groups in total. The molecule has 116 valence electrons. The van der Waals surface area contributed by atoms with Gasteiger partial charge in [0, 0.05) is 22.3 Å². The molecule has 0 aliphatic carbocycles. The number of amidine groups is 1. The van der Waals surface area contributed by atoms with Crippen LogP contribution in [-0.2, 0) is 0 Å². The zero-order chi connectivity index (χ0) is 16.3. The lowest BCUT2D eigenvalue weighted by molar-refractivity contribution is 0.581. The van der Waals surface area contributed by atoms with Gasteiger partial charge in [-0.15, -0.1) is 0 Å². The van der Waals surface area contributed by atoms with Crippen molar-refractivity contribution in [3.05, 3.63) is 24.3 Å². The van der Waals surface area contributed by atoms with Crippen LogP contribution in [0.1, 0.15) is 41.5 Å². The van der Waals surface area contributed by atoms with Crippen molar-refractivity contribution in [2.45, 2.75) is 47.1 Å². The van der Waals surface area contributed by atoms with Gasteiger partial charge in [-0.3, -0.25) is 5.41 Å². The average Bonchev–Trinajstić information content (AvgIpc) is 2.25. The van der Waals surface area contributed by atoms with Crippen molar-refractivity contribution < 1.29 is 0 Å². The van der Waals surface area contributed by atoms with E-state index in [0.29, 0.717) is 0 Å². The van der Waals surface area contributed by atoms with Crippen LogP contribution < -0.4 is 16.4 Å². The summed E-state index contributed by atoms with van der Waals surface area (Å²) in [5.74, 6) is 0.472. The van der Waals surface area contributed by atoms with Crippen LogP contribution in [0.2, 0.25) is 0 Å². The molecule has 0 aliphatic heterocycles. The van der Waals surface area contributed by atoms with Crippen LogP contribution in [0.15, 0.2) is 29.3 Å². The third kappa shape index (κ3) is 6.29. The number of nitrogens with two attached hydrogens (primary N) is 1. The molecule has 0 spiro atoms. The van der Waals surface area contributed by atoms with Gasteiger partial charge in [0.1, 0.15) is 5.84 Å². The molecule has 0 radical (unpaired) electrons. The molecule has 0 aromatic heterocycles. The lowest BCUT2D eigenvalue weighted by Gasteiger charge is -2.22. The highest BCUT2D eigenvalue weighted by atomic mass is 15.1. The fourth-order valence-electron chi connectivity index (χ4n) is 1.57. The number of hydrogen-bond donors (Lipinski definition) is 4. The molecule has 21 heavy (non-hydrogen) atoms. The van der Waals surface area contributed by atoms with Crippen molar-refractivity contribution in [1.29, 1.82) is 5.41 Å². The molecule has 1 aromatic rings. The van der Waals surface area contributed by atoms with Gasteiger partial charge < -0.3 is 16.4 Å². The van der Waals surface area contributed by atoms with Crippen molar-refractivity contribution in [1.82, 2.24) is 0 Å². The highest BCUT2D eigenvalue weighted by Gasteiger charge is 2.17. The SMILES string of the molecule is CC(C)(C)Nc1cccc(N/C(N)=N/C(=N)C(C)(C)C)c1. The third-order valence-corrected chi connectivity index (χ3v) is 2.60. The summed E-state index contributed by atoms with van der Waals surface area (Å²) in [4.78, 5) is 4.09. The normalized spacial score (nSPS) is 13.0. The topological polar surface area (TPSA) is 86.3 Å². The standard InChI is InChI=1S/C16H27N5/c1-15(2,3)13(17)20-14(18)19-11-8-7-9-12(10-11)21-16(4,5)6/h7-10,21H,1-6H3,(H4,17,18,19,20). The van der Waals surface area contributed by atoms with Crippen molar-refractivity contribution in [3.8, 4) is 0 Å². The minimum Gasteiger partial charge on any atom is -0.380 e. The van der Waals surface area contributed by atoms with Crippen LogP contribution in [0.5, 0.6) is 0 Å². The van der Waals surface area contributed by atoms with Gasteiger partial charge in [-0.2, -0.15) is 4.99 Å². The number of benzene rings is 1. The van der Waals surface area contributed by atoms with E-state index in [9.17, 15) is 0 Å². The Morgan fingerprint density at radius 2 is 1.67 bits per heavy atom. The van der Waals surface area contributed by atoms with Gasteiger partial charge in [-0.05, 0) is 39.0 Å². The van der Waals surface area contributed by atoms with Gasteiger partial charge in [0.25, 0.3) is 0 Å². The fraction of sp³-hybridized carbons (Fsp3) is 0.500. The van der Waals surface area contributed by atoms with E-state index in [1.807, 2.05) is 45.0 Å². The van der Waals surface area contributed by atoms with Crippen molar-refractivity contribution in [3.63, 3.8) is 0 Å². The Labute approximate surface area is 127 Å². The predicted molar refractivity (Wildman–Crippen MR) is 92.2 cm³/mol. The minimum atomic E-state index is -0.318. The van der Waals surface area contributed by atoms with Gasteiger partial charge in [0.15, 0.2) is 5.96 Å². The second-order valence-electron chi connectivity index (χ2n) is 7.18. The number of anilines is 2. The average molecular weight is 289 g/mol. The molecular weight excluding hydrogens is 262 g/mol. The third-order valence-electron chi connectivity index (χ3n) is 2.60. The molecule has 0 saturated carbocycles. The van der Waals surface area contributed by atoms with Gasteiger partial charge >= 0.3 is 0 Å². The Morgan fingerprint density at radius 3 is 2.19 bits per heavy atom. The first-order valence-corrected chi connectivity index (χ1v) is 7.06. The first-order valence-electron chi connectivity index (χ1n) is 7.06. The van der Waals surface area contributed by atoms with Crippen LogP contribution in [0.25, 0.3) is 0 Å². The molecule has 0 saturated heterocycles. The molecule has 5 nitrogen and oxygen atoms in total. The summed E-state index contributed by atoms with van der Waals surface area (Å²) >= 11 is 0. The van der Waals surface area contributed by atoms with E-state index in [2.05, 4.69) is 36.4 Å². The zero-order valence-electron chi connectivity index (χ0n) is 13.8. The van der Waals surface area contributed by atoms with E-state index in [-0.39, 0.29) is 22.7 Å². The highest BCUT2D eigenvalue weighted by Crippen LogP contribution is 2.19. The molecule has 0 fully saturated rings. The lowest BCUT2D eigenvalue weighted by atomic mass is 9.95. The van der Waals surface area contributed by atoms with Crippen LogP contribution in [0.3, 0.4) is 0 Å². The van der Waals surface area contributed by atoms with Crippen molar-refractivity contribution in [2.24, 2.45) is 16.1 Å². The summed E-state index contributed by atoms with van der Waals surface area (Å²) in [6, 6.07) is 7.82. The molecule has 1 aromatic carbocycles. The van der Waals surface area contributed by atoms with E-state index in [1.54, 1.807) is 0 Å². The maximum absolute atomic E-state index is 7.88. The molecule has 0 unspecified atom stereocenters. The second-order valence-corrected chi connectivity index (χ2v) is 7.18. The number of nitrogens with one attached hydrogen (secondary N) is 3. The summed E-state index contributed by atoms with van der Waals surface area (Å²) in [6.07, 6.45) is 0. The molecule has 0 heterocycles. The number of rotatable bonds is 2. The van der Waals surface area contributed by atoms with E-state index < -0.39 is 0 Å². The first-order chi connectivity index (χ1) is 9.47. The van der Waals surface area contributed by atoms with Crippen LogP contribution in [0.4, 0.5) is 11.4 Å². The Hall–Kier alpha value is -2.04. The molecule has 1 rings (SSSR count). The van der Waals surface area contributed by atoms with Gasteiger partial charge in [-0.25, -0.2) is 0 Å². The van der Waals surface area contributed by atoms with Crippen molar-refractivity contribution in [2.75, 3.05) is 10.6 Å². The van der Waals surface area contributed by atoms with Crippen molar-refractivity contribution >= 4 is 23.2 Å². The largest absolute Gasteiger partial charge is 0.380 e. The summed E-state index contributed by atoms with van der Waals surface area (Å²) in [5.41, 5.74) is 7.38. The molecule has 0 atom stereocenters. The number of hydrogen-bond acceptors (Lipinski definition) is 2. The smallest absolute Gasteiger partial charge is 0.199 e. The molecule has 0 bridgehead atoms. The fourth-order valence-corrected chi connectivity index (χ4v) is 1.57. The zero-order valence-corrected chi connectivity index (χ0v) is 13.8. The number of aliphatic imine (C=N–C) groups is 1. The van der Waals surface area contributed by atoms with Gasteiger partial charge in [-0.1, -0.05) is 26.8 Å². The summed E-state index contributed by atoms with van der Waals surface area (Å²) in [5, 5.41) is 14.3. The summed E-state index contributed by atoms with van der Waals surface area (Å²) in [7, 11) is 0. The molecule has 5 heteroatoms. The minimum absolute atomic E-state index is 0.00732. The van der Waals surface area contributed by atoms with Crippen LogP contribution in [0, 0.1) is 10.8 Å². The molecule has 0 aliphatic rings. The first kappa shape index (κ1) is 17.0. The van der Waals surface area contributed by atoms with Crippen LogP contribution in [-0.4, -0.2) is 17.3 Å². The maximum Gasteiger partial charge on any atom is 0.199 e. The Kier molecular flexibility index (Phi) is 4.99. The second kappa shape index (κ2) is 6.16. The summed E-state index contributed by atoms with van der Waals surface area (Å²) in [6.45, 7) is 12.1. The number of nitrogens with zero attached hydrogens (tertiary/aromatic N) is 1. The maximum atomic E-state index is 7.88. The monoisotopic (exact) mass is 289 g/mol. The molecular formula is C16H27N5. The van der Waals surface area contributed by atoms with E-state index in [1.165, 1.54) is 0 Å². The van der Waals surface area contributed by atoms with Gasteiger partial charge in [0.2, 0.25) is 0 Å². The highest BCUT2D eigenvalue weighted by molar-refractivity contribution is 6.02. The van der Waals surface area contributed by atoms with E-state index in [4.69, 9.17) is 11.1 Å². The van der Waals surface area contributed by atoms with Crippen LogP contribution >= 0.6 is 0 Å². The Bertz CT molecular complexity index is 532. The van der Waals surface area contributed by atoms with E-state index in [0.717, 1.165) is 11.4 Å². The predicted octanol–water partition coefficient (Wildman–Crippen LogP) is 3.65. The van der Waals surface area contributed by atoms with Gasteiger partial charge in [0.05, 0.1) is 0 Å². The Morgan fingerprint density at radius 1 is 1.10 bits per heavy atom. The lowest BCUT2D eigenvalue weighted by Crippen LogP contribution is -2.28. The molecule has 0 amide bonds.